The maximum Gasteiger partial charge on any atom is 0.166 e. The molecule has 0 saturated heterocycles. The van der Waals surface area contributed by atoms with Gasteiger partial charge in [-0.3, -0.25) is 4.79 Å². The van der Waals surface area contributed by atoms with Crippen LogP contribution < -0.4 is 0 Å². The number of carbonyl (C=O) groups is 1. The number of hydrogen-bond donors (Lipinski definition) is 0. The van der Waals surface area contributed by atoms with Gasteiger partial charge in [-0.1, -0.05) is 12.8 Å². The summed E-state index contributed by atoms with van der Waals surface area (Å²) in [5.74, 6) is 1.74. The number of rotatable bonds is 1. The Labute approximate surface area is 95.3 Å². The molecule has 0 aliphatic heterocycles. The Hall–Kier alpha value is -1.25. The SMILES string of the molecule is O=C1CCCc2nc(C3CCCC3)ncc21. The summed E-state index contributed by atoms with van der Waals surface area (Å²) in [6, 6.07) is 0. The first kappa shape index (κ1) is 9.94. The Bertz CT molecular complexity index is 422. The minimum Gasteiger partial charge on any atom is -0.294 e. The van der Waals surface area contributed by atoms with Crippen molar-refractivity contribution in [3.63, 3.8) is 0 Å². The summed E-state index contributed by atoms with van der Waals surface area (Å²) in [5, 5.41) is 0. The molecule has 0 spiro atoms. The molecule has 3 rings (SSSR count). The lowest BCUT2D eigenvalue weighted by Gasteiger charge is -2.15. The van der Waals surface area contributed by atoms with E-state index < -0.39 is 0 Å². The second-order valence-electron chi connectivity index (χ2n) is 4.85. The smallest absolute Gasteiger partial charge is 0.166 e. The fourth-order valence-electron chi connectivity index (χ4n) is 2.79. The van der Waals surface area contributed by atoms with Crippen LogP contribution in [0, 0.1) is 0 Å². The molecule has 1 fully saturated rings. The van der Waals surface area contributed by atoms with E-state index in [9.17, 15) is 4.79 Å². The van der Waals surface area contributed by atoms with Crippen LogP contribution in [0.15, 0.2) is 6.20 Å². The average molecular weight is 216 g/mol. The van der Waals surface area contributed by atoms with E-state index in [0.717, 1.165) is 29.9 Å². The predicted molar refractivity (Wildman–Crippen MR) is 60.5 cm³/mol. The Morgan fingerprint density at radius 1 is 1.12 bits per heavy atom. The number of aromatic nitrogens is 2. The molecule has 1 saturated carbocycles. The Morgan fingerprint density at radius 3 is 2.75 bits per heavy atom. The fraction of sp³-hybridized carbons (Fsp3) is 0.615. The summed E-state index contributed by atoms with van der Waals surface area (Å²) in [6.45, 7) is 0. The van der Waals surface area contributed by atoms with Gasteiger partial charge in [-0.25, -0.2) is 9.97 Å². The summed E-state index contributed by atoms with van der Waals surface area (Å²) < 4.78 is 0. The van der Waals surface area contributed by atoms with E-state index in [1.807, 2.05) is 0 Å². The van der Waals surface area contributed by atoms with E-state index in [1.165, 1.54) is 25.7 Å². The highest BCUT2D eigenvalue weighted by Crippen LogP contribution is 2.32. The first-order valence-electron chi connectivity index (χ1n) is 6.23. The Balaban J connectivity index is 1.94. The number of fused-ring (bicyclic) bond motifs is 1. The van der Waals surface area contributed by atoms with Gasteiger partial charge in [0, 0.05) is 18.5 Å². The quantitative estimate of drug-likeness (QED) is 0.724. The van der Waals surface area contributed by atoms with Gasteiger partial charge in [0.15, 0.2) is 5.78 Å². The topological polar surface area (TPSA) is 42.9 Å². The van der Waals surface area contributed by atoms with Gasteiger partial charge in [-0.2, -0.15) is 0 Å². The van der Waals surface area contributed by atoms with Gasteiger partial charge in [0.25, 0.3) is 0 Å². The molecule has 84 valence electrons. The Morgan fingerprint density at radius 2 is 1.94 bits per heavy atom. The van der Waals surface area contributed by atoms with Crippen LogP contribution in [0.5, 0.6) is 0 Å². The molecule has 0 amide bonds. The van der Waals surface area contributed by atoms with Crippen molar-refractivity contribution < 1.29 is 4.79 Å². The zero-order valence-corrected chi connectivity index (χ0v) is 9.41. The highest BCUT2D eigenvalue weighted by atomic mass is 16.1. The molecule has 2 aliphatic carbocycles. The minimum atomic E-state index is 0.222. The van der Waals surface area contributed by atoms with Crippen LogP contribution in [-0.4, -0.2) is 15.8 Å². The third-order valence-electron chi connectivity index (χ3n) is 3.72. The minimum absolute atomic E-state index is 0.222. The van der Waals surface area contributed by atoms with Gasteiger partial charge in [0.1, 0.15) is 5.82 Å². The molecule has 0 bridgehead atoms. The summed E-state index contributed by atoms with van der Waals surface area (Å²) in [4.78, 5) is 20.6. The monoisotopic (exact) mass is 216 g/mol. The molecule has 0 N–H and O–H groups in total. The number of ketones is 1. The number of nitrogens with zero attached hydrogens (tertiary/aromatic N) is 2. The third kappa shape index (κ3) is 1.64. The first-order chi connectivity index (χ1) is 7.84. The Kier molecular flexibility index (Phi) is 2.46. The average Bonchev–Trinajstić information content (AvgIpc) is 2.82. The summed E-state index contributed by atoms with van der Waals surface area (Å²) >= 11 is 0. The van der Waals surface area contributed by atoms with Crippen LogP contribution in [0.4, 0.5) is 0 Å². The van der Waals surface area contributed by atoms with Gasteiger partial charge < -0.3 is 0 Å². The summed E-state index contributed by atoms with van der Waals surface area (Å²) in [5.41, 5.74) is 1.76. The summed E-state index contributed by atoms with van der Waals surface area (Å²) in [6.07, 6.45) is 9.35. The molecule has 1 aromatic rings. The molecule has 0 aromatic carbocycles. The number of hydrogen-bond acceptors (Lipinski definition) is 3. The van der Waals surface area contributed by atoms with Gasteiger partial charge in [0.2, 0.25) is 0 Å². The predicted octanol–water partition coefficient (Wildman–Crippen LogP) is 2.65. The maximum atomic E-state index is 11.6. The zero-order chi connectivity index (χ0) is 11.0. The van der Waals surface area contributed by atoms with E-state index in [2.05, 4.69) is 9.97 Å². The highest BCUT2D eigenvalue weighted by molar-refractivity contribution is 5.97. The van der Waals surface area contributed by atoms with Gasteiger partial charge >= 0.3 is 0 Å². The lowest BCUT2D eigenvalue weighted by molar-refractivity contribution is 0.0971. The van der Waals surface area contributed by atoms with Crippen LogP contribution in [0.3, 0.4) is 0 Å². The van der Waals surface area contributed by atoms with E-state index in [-0.39, 0.29) is 5.78 Å². The van der Waals surface area contributed by atoms with Gasteiger partial charge in [-0.05, 0) is 25.7 Å². The molecule has 16 heavy (non-hydrogen) atoms. The molecule has 0 unspecified atom stereocenters. The molecule has 1 aromatic heterocycles. The largest absolute Gasteiger partial charge is 0.294 e. The van der Waals surface area contributed by atoms with Crippen LogP contribution in [-0.2, 0) is 6.42 Å². The molecule has 0 atom stereocenters. The van der Waals surface area contributed by atoms with Crippen molar-refractivity contribution in [1.82, 2.24) is 9.97 Å². The van der Waals surface area contributed by atoms with Gasteiger partial charge in [-0.15, -0.1) is 0 Å². The molecule has 3 heteroatoms. The van der Waals surface area contributed by atoms with Crippen molar-refractivity contribution in [2.75, 3.05) is 0 Å². The van der Waals surface area contributed by atoms with Crippen molar-refractivity contribution >= 4 is 5.78 Å². The normalized spacial score (nSPS) is 21.1. The molecular weight excluding hydrogens is 200 g/mol. The standard InChI is InChI=1S/C13H16N2O/c16-12-7-3-6-11-10(12)8-14-13(15-11)9-4-1-2-5-9/h8-9H,1-7H2. The van der Waals surface area contributed by atoms with E-state index in [0.29, 0.717) is 12.3 Å². The lowest BCUT2D eigenvalue weighted by atomic mass is 9.95. The van der Waals surface area contributed by atoms with Crippen molar-refractivity contribution in [3.05, 3.63) is 23.3 Å². The highest BCUT2D eigenvalue weighted by Gasteiger charge is 2.23. The zero-order valence-electron chi connectivity index (χ0n) is 9.41. The van der Waals surface area contributed by atoms with Crippen LogP contribution >= 0.6 is 0 Å². The van der Waals surface area contributed by atoms with Crippen molar-refractivity contribution in [2.45, 2.75) is 50.9 Å². The molecule has 2 aliphatic rings. The van der Waals surface area contributed by atoms with Gasteiger partial charge in [0.05, 0.1) is 11.3 Å². The van der Waals surface area contributed by atoms with Crippen LogP contribution in [0.25, 0.3) is 0 Å². The molecule has 3 nitrogen and oxygen atoms in total. The number of aryl methyl sites for hydroxylation is 1. The lowest BCUT2D eigenvalue weighted by Crippen LogP contribution is -2.15. The van der Waals surface area contributed by atoms with E-state index in [1.54, 1.807) is 6.20 Å². The van der Waals surface area contributed by atoms with Crippen molar-refractivity contribution in [3.8, 4) is 0 Å². The number of Topliss-reactive ketones (excluding diaryl/α,β-unsaturated/α-hetero) is 1. The third-order valence-corrected chi connectivity index (χ3v) is 3.72. The molecule has 0 radical (unpaired) electrons. The second-order valence-corrected chi connectivity index (χ2v) is 4.85. The molecular formula is C13H16N2O. The van der Waals surface area contributed by atoms with E-state index >= 15 is 0 Å². The number of carbonyl (C=O) groups excluding carboxylic acids is 1. The van der Waals surface area contributed by atoms with Crippen molar-refractivity contribution in [1.29, 1.82) is 0 Å². The first-order valence-corrected chi connectivity index (χ1v) is 6.23. The second kappa shape index (κ2) is 3.96. The summed E-state index contributed by atoms with van der Waals surface area (Å²) in [7, 11) is 0. The van der Waals surface area contributed by atoms with Crippen LogP contribution in [0.2, 0.25) is 0 Å². The van der Waals surface area contributed by atoms with Crippen molar-refractivity contribution in [2.24, 2.45) is 0 Å². The van der Waals surface area contributed by atoms with Crippen LogP contribution in [0.1, 0.15) is 66.3 Å². The molecule has 1 heterocycles. The fourth-order valence-corrected chi connectivity index (χ4v) is 2.79. The maximum absolute atomic E-state index is 11.6. The van der Waals surface area contributed by atoms with E-state index in [4.69, 9.17) is 0 Å².